The van der Waals surface area contributed by atoms with Gasteiger partial charge in [-0.05, 0) is 43.2 Å². The van der Waals surface area contributed by atoms with Gasteiger partial charge in [-0.3, -0.25) is 0 Å². The minimum atomic E-state index is 0.451. The summed E-state index contributed by atoms with van der Waals surface area (Å²) in [6, 6.07) is 9.43. The van der Waals surface area contributed by atoms with Crippen LogP contribution in [0.5, 0.6) is 0 Å². The average Bonchev–Trinajstić information content (AvgIpc) is 2.80. The Bertz CT molecular complexity index is 346. The van der Waals surface area contributed by atoms with Crippen LogP contribution in [0.15, 0.2) is 24.3 Å². The molecule has 1 unspecified atom stereocenters. The lowest BCUT2D eigenvalue weighted by Crippen LogP contribution is -2.38. The lowest BCUT2D eigenvalue weighted by atomic mass is 10.1. The first-order chi connectivity index (χ1) is 8.42. The average molecular weight is 231 g/mol. The monoisotopic (exact) mass is 231 g/mol. The van der Waals surface area contributed by atoms with Crippen LogP contribution in [0.2, 0.25) is 0 Å². The molecule has 0 bridgehead atoms. The molecule has 0 spiro atoms. The maximum atomic E-state index is 5.75. The van der Waals surface area contributed by atoms with E-state index in [1.807, 2.05) is 0 Å². The molecule has 0 saturated carbocycles. The predicted molar refractivity (Wildman–Crippen MR) is 69.2 cm³/mol. The number of ether oxygens (including phenoxy) is 1. The van der Waals surface area contributed by atoms with Crippen LogP contribution in [0, 0.1) is 0 Å². The van der Waals surface area contributed by atoms with Crippen LogP contribution in [0.3, 0.4) is 0 Å². The summed E-state index contributed by atoms with van der Waals surface area (Å²) in [6.07, 6.45) is 6.62. The van der Waals surface area contributed by atoms with Crippen LogP contribution < -0.4 is 5.32 Å². The summed E-state index contributed by atoms with van der Waals surface area (Å²) < 4.78 is 5.75. The third-order valence-corrected chi connectivity index (χ3v) is 3.96. The standard InChI is InChI=1S/C15H21NO/c1-2-6-13-10-14(9-12(13)5-1)16-11-15-7-3-4-8-17-15/h1-2,5-6,14-16H,3-4,7-11H2. The first-order valence-corrected chi connectivity index (χ1v) is 6.83. The molecule has 2 heteroatoms. The topological polar surface area (TPSA) is 21.3 Å². The molecule has 1 aromatic rings. The highest BCUT2D eigenvalue weighted by Gasteiger charge is 2.22. The largest absolute Gasteiger partial charge is 0.377 e. The van der Waals surface area contributed by atoms with Crippen molar-refractivity contribution in [3.63, 3.8) is 0 Å². The van der Waals surface area contributed by atoms with Gasteiger partial charge < -0.3 is 10.1 Å². The third-order valence-electron chi connectivity index (χ3n) is 3.96. The molecule has 0 amide bonds. The lowest BCUT2D eigenvalue weighted by Gasteiger charge is -2.24. The molecular formula is C15H21NO. The van der Waals surface area contributed by atoms with E-state index in [-0.39, 0.29) is 0 Å². The van der Waals surface area contributed by atoms with Gasteiger partial charge in [0.2, 0.25) is 0 Å². The molecule has 0 radical (unpaired) electrons. The Morgan fingerprint density at radius 3 is 2.53 bits per heavy atom. The second kappa shape index (κ2) is 5.19. The summed E-state index contributed by atoms with van der Waals surface area (Å²) in [7, 11) is 0. The van der Waals surface area contributed by atoms with E-state index in [1.165, 1.54) is 43.2 Å². The zero-order valence-electron chi connectivity index (χ0n) is 10.3. The highest BCUT2D eigenvalue weighted by atomic mass is 16.5. The predicted octanol–water partition coefficient (Wildman–Crippen LogP) is 2.31. The molecular weight excluding hydrogens is 210 g/mol. The number of nitrogens with one attached hydrogen (secondary N) is 1. The van der Waals surface area contributed by atoms with Crippen molar-refractivity contribution in [3.05, 3.63) is 35.4 Å². The van der Waals surface area contributed by atoms with Gasteiger partial charge in [-0.25, -0.2) is 0 Å². The molecule has 1 aliphatic carbocycles. The van der Waals surface area contributed by atoms with Crippen LogP contribution in [0.4, 0.5) is 0 Å². The summed E-state index contributed by atoms with van der Waals surface area (Å²) in [4.78, 5) is 0. The molecule has 1 saturated heterocycles. The van der Waals surface area contributed by atoms with Crippen LogP contribution in [0.1, 0.15) is 30.4 Å². The fraction of sp³-hybridized carbons (Fsp3) is 0.600. The van der Waals surface area contributed by atoms with Gasteiger partial charge in [0.15, 0.2) is 0 Å². The quantitative estimate of drug-likeness (QED) is 0.862. The molecule has 1 atom stereocenters. The Balaban J connectivity index is 1.48. The maximum Gasteiger partial charge on any atom is 0.0699 e. The van der Waals surface area contributed by atoms with Crippen molar-refractivity contribution in [2.24, 2.45) is 0 Å². The van der Waals surface area contributed by atoms with E-state index in [1.54, 1.807) is 0 Å². The van der Waals surface area contributed by atoms with Crippen molar-refractivity contribution in [1.29, 1.82) is 0 Å². The van der Waals surface area contributed by atoms with Crippen LogP contribution >= 0.6 is 0 Å². The molecule has 17 heavy (non-hydrogen) atoms. The van der Waals surface area contributed by atoms with E-state index in [2.05, 4.69) is 29.6 Å². The fourth-order valence-corrected chi connectivity index (χ4v) is 2.97. The molecule has 1 N–H and O–H groups in total. The van der Waals surface area contributed by atoms with E-state index < -0.39 is 0 Å². The number of rotatable bonds is 3. The van der Waals surface area contributed by atoms with E-state index in [4.69, 9.17) is 4.74 Å². The summed E-state index contributed by atoms with van der Waals surface area (Å²) in [5.74, 6) is 0. The first kappa shape index (κ1) is 11.2. The van der Waals surface area contributed by atoms with Crippen LogP contribution in [-0.4, -0.2) is 25.3 Å². The van der Waals surface area contributed by atoms with Crippen LogP contribution in [-0.2, 0) is 17.6 Å². The van der Waals surface area contributed by atoms with Crippen molar-refractivity contribution < 1.29 is 4.74 Å². The van der Waals surface area contributed by atoms with Gasteiger partial charge in [0.25, 0.3) is 0 Å². The van der Waals surface area contributed by atoms with Gasteiger partial charge in [-0.15, -0.1) is 0 Å². The van der Waals surface area contributed by atoms with E-state index in [9.17, 15) is 0 Å². The van der Waals surface area contributed by atoms with Crippen molar-refractivity contribution in [1.82, 2.24) is 5.32 Å². The van der Waals surface area contributed by atoms with Gasteiger partial charge >= 0.3 is 0 Å². The fourth-order valence-electron chi connectivity index (χ4n) is 2.97. The minimum Gasteiger partial charge on any atom is -0.377 e. The molecule has 1 fully saturated rings. The van der Waals surface area contributed by atoms with Gasteiger partial charge in [-0.1, -0.05) is 24.3 Å². The molecule has 1 aromatic carbocycles. The minimum absolute atomic E-state index is 0.451. The summed E-state index contributed by atoms with van der Waals surface area (Å²) in [6.45, 7) is 1.98. The zero-order valence-corrected chi connectivity index (χ0v) is 10.3. The number of benzene rings is 1. The molecule has 1 aliphatic heterocycles. The second-order valence-electron chi connectivity index (χ2n) is 5.27. The Morgan fingerprint density at radius 2 is 1.88 bits per heavy atom. The van der Waals surface area contributed by atoms with Crippen molar-refractivity contribution in [2.45, 2.75) is 44.2 Å². The normalized spacial score (nSPS) is 24.8. The van der Waals surface area contributed by atoms with Gasteiger partial charge in [-0.2, -0.15) is 0 Å². The molecule has 3 rings (SSSR count). The van der Waals surface area contributed by atoms with Crippen LogP contribution in [0.25, 0.3) is 0 Å². The molecule has 92 valence electrons. The number of hydrogen-bond donors (Lipinski definition) is 1. The Morgan fingerprint density at radius 1 is 1.12 bits per heavy atom. The van der Waals surface area contributed by atoms with Gasteiger partial charge in [0, 0.05) is 19.2 Å². The lowest BCUT2D eigenvalue weighted by molar-refractivity contribution is 0.0155. The number of hydrogen-bond acceptors (Lipinski definition) is 2. The summed E-state index contributed by atoms with van der Waals surface area (Å²) in [5, 5.41) is 3.67. The van der Waals surface area contributed by atoms with Gasteiger partial charge in [0.1, 0.15) is 0 Å². The highest BCUT2D eigenvalue weighted by molar-refractivity contribution is 5.33. The smallest absolute Gasteiger partial charge is 0.0699 e. The van der Waals surface area contributed by atoms with Crippen molar-refractivity contribution >= 4 is 0 Å². The number of fused-ring (bicyclic) bond motifs is 1. The Kier molecular flexibility index (Phi) is 3.44. The third kappa shape index (κ3) is 2.70. The maximum absolute atomic E-state index is 5.75. The zero-order chi connectivity index (χ0) is 11.5. The molecule has 2 nitrogen and oxygen atoms in total. The first-order valence-electron chi connectivity index (χ1n) is 6.83. The summed E-state index contributed by atoms with van der Waals surface area (Å²) in [5.41, 5.74) is 3.05. The van der Waals surface area contributed by atoms with E-state index >= 15 is 0 Å². The van der Waals surface area contributed by atoms with E-state index in [0.717, 1.165) is 13.2 Å². The summed E-state index contributed by atoms with van der Waals surface area (Å²) >= 11 is 0. The Hall–Kier alpha value is -0.860. The second-order valence-corrected chi connectivity index (χ2v) is 5.27. The molecule has 1 heterocycles. The van der Waals surface area contributed by atoms with E-state index in [0.29, 0.717) is 12.1 Å². The SMILES string of the molecule is c1ccc2c(c1)CC(NCC1CCCCO1)C2. The van der Waals surface area contributed by atoms with Crippen molar-refractivity contribution in [3.8, 4) is 0 Å². The molecule has 2 aliphatic rings. The van der Waals surface area contributed by atoms with Gasteiger partial charge in [0.05, 0.1) is 6.10 Å². The van der Waals surface area contributed by atoms with Crippen molar-refractivity contribution in [2.75, 3.05) is 13.2 Å². The Labute approximate surface area is 103 Å². The highest BCUT2D eigenvalue weighted by Crippen LogP contribution is 2.22. The molecule has 0 aromatic heterocycles.